The van der Waals surface area contributed by atoms with Crippen molar-refractivity contribution in [2.45, 2.75) is 36.4 Å². The van der Waals surface area contributed by atoms with E-state index in [1.165, 1.54) is 0 Å². The van der Waals surface area contributed by atoms with Gasteiger partial charge in [0.05, 0.1) is 0 Å². The highest BCUT2D eigenvalue weighted by Crippen LogP contribution is 2.47. The molecule has 0 aliphatic carbocycles. The molecule has 3 nitrogen and oxygen atoms in total. The van der Waals surface area contributed by atoms with Crippen molar-refractivity contribution in [2.75, 3.05) is 6.26 Å². The van der Waals surface area contributed by atoms with Crippen molar-refractivity contribution in [3.05, 3.63) is 65.7 Å². The van der Waals surface area contributed by atoms with E-state index in [4.69, 9.17) is 4.74 Å². The first kappa shape index (κ1) is 16.1. The predicted octanol–water partition coefficient (Wildman–Crippen LogP) is 3.44. The molecular weight excluding hydrogens is 308 g/mol. The molecule has 2 atom stereocenters. The maximum Gasteiger partial charge on any atom is 0.167 e. The van der Waals surface area contributed by atoms with Crippen LogP contribution in [-0.4, -0.2) is 21.8 Å². The molecule has 2 unspecified atom stereocenters. The van der Waals surface area contributed by atoms with Crippen LogP contribution in [0.15, 0.2) is 59.5 Å². The zero-order valence-electron chi connectivity index (χ0n) is 13.5. The van der Waals surface area contributed by atoms with Crippen molar-refractivity contribution in [1.29, 1.82) is 0 Å². The van der Waals surface area contributed by atoms with Crippen LogP contribution >= 0.6 is 0 Å². The Kier molecular flexibility index (Phi) is 3.98. The van der Waals surface area contributed by atoms with Crippen molar-refractivity contribution >= 4 is 16.6 Å². The van der Waals surface area contributed by atoms with Gasteiger partial charge in [-0.3, -0.25) is 9.00 Å². The van der Waals surface area contributed by atoms with Gasteiger partial charge in [0.15, 0.2) is 5.78 Å². The highest BCUT2D eigenvalue weighted by atomic mass is 32.2. The largest absolute Gasteiger partial charge is 0.351 e. The molecular formula is C19H20O3S. The summed E-state index contributed by atoms with van der Waals surface area (Å²) >= 11 is 0. The fourth-order valence-corrected chi connectivity index (χ4v) is 3.60. The minimum absolute atomic E-state index is 0.0875. The van der Waals surface area contributed by atoms with Crippen molar-refractivity contribution < 1.29 is 13.7 Å². The molecule has 0 spiro atoms. The number of rotatable bonds is 3. The third kappa shape index (κ3) is 2.77. The molecule has 1 saturated heterocycles. The van der Waals surface area contributed by atoms with Crippen LogP contribution in [0, 0.1) is 0 Å². The van der Waals surface area contributed by atoms with Gasteiger partial charge in [-0.15, -0.1) is 0 Å². The lowest BCUT2D eigenvalue weighted by Crippen LogP contribution is -2.32. The predicted molar refractivity (Wildman–Crippen MR) is 90.8 cm³/mol. The number of ether oxygens (including phenoxy) is 1. The molecule has 120 valence electrons. The molecule has 0 N–H and O–H groups in total. The number of benzene rings is 2. The van der Waals surface area contributed by atoms with E-state index in [1.807, 2.05) is 68.4 Å². The Bertz CT molecular complexity index is 750. The van der Waals surface area contributed by atoms with Gasteiger partial charge in [-0.1, -0.05) is 42.5 Å². The van der Waals surface area contributed by atoms with E-state index in [9.17, 15) is 9.00 Å². The molecule has 2 aromatic rings. The Balaban J connectivity index is 2.14. The Morgan fingerprint density at radius 2 is 1.52 bits per heavy atom. The summed E-state index contributed by atoms with van der Waals surface area (Å²) in [7, 11) is -1.03. The van der Waals surface area contributed by atoms with Crippen molar-refractivity contribution in [3.63, 3.8) is 0 Å². The van der Waals surface area contributed by atoms with Crippen LogP contribution in [0.4, 0.5) is 0 Å². The number of hydrogen-bond acceptors (Lipinski definition) is 3. The summed E-state index contributed by atoms with van der Waals surface area (Å²) in [6.45, 7) is 3.63. The lowest BCUT2D eigenvalue weighted by Gasteiger charge is -2.32. The maximum atomic E-state index is 12.5. The Morgan fingerprint density at radius 1 is 0.957 bits per heavy atom. The average molecular weight is 328 g/mol. The van der Waals surface area contributed by atoms with Gasteiger partial charge in [-0.05, 0) is 37.1 Å². The van der Waals surface area contributed by atoms with E-state index in [-0.39, 0.29) is 5.78 Å². The highest BCUT2D eigenvalue weighted by Gasteiger charge is 2.52. The second-order valence-electron chi connectivity index (χ2n) is 6.38. The van der Waals surface area contributed by atoms with Gasteiger partial charge in [0.25, 0.3) is 0 Å². The first-order valence-corrected chi connectivity index (χ1v) is 9.14. The summed E-state index contributed by atoms with van der Waals surface area (Å²) in [5, 5.41) is 0. The second kappa shape index (κ2) is 5.69. The minimum Gasteiger partial charge on any atom is -0.351 e. The molecule has 3 rings (SSSR count). The van der Waals surface area contributed by atoms with Crippen LogP contribution in [0.25, 0.3) is 0 Å². The van der Waals surface area contributed by atoms with Gasteiger partial charge in [-0.2, -0.15) is 0 Å². The van der Waals surface area contributed by atoms with Crippen LogP contribution in [-0.2, 0) is 25.9 Å². The first-order valence-electron chi connectivity index (χ1n) is 7.58. The number of hydrogen-bond donors (Lipinski definition) is 0. The van der Waals surface area contributed by atoms with E-state index < -0.39 is 22.0 Å². The smallest absolute Gasteiger partial charge is 0.167 e. The summed E-state index contributed by atoms with van der Waals surface area (Å²) in [6.07, 6.45) is 1.96. The number of Topliss-reactive ketones (excluding diaryl/α,β-unsaturated/α-hetero) is 1. The van der Waals surface area contributed by atoms with Gasteiger partial charge < -0.3 is 4.74 Å². The summed E-state index contributed by atoms with van der Waals surface area (Å²) in [5.41, 5.74) is 0.277. The van der Waals surface area contributed by atoms with Gasteiger partial charge in [0.1, 0.15) is 11.2 Å². The summed E-state index contributed by atoms with van der Waals surface area (Å²) in [5.74, 6) is 0.0875. The average Bonchev–Trinajstić information content (AvgIpc) is 2.79. The molecule has 0 amide bonds. The molecule has 0 radical (unpaired) electrons. The summed E-state index contributed by atoms with van der Waals surface area (Å²) in [6, 6.07) is 17.3. The van der Waals surface area contributed by atoms with Gasteiger partial charge in [-0.25, -0.2) is 0 Å². The van der Waals surface area contributed by atoms with Crippen LogP contribution in [0.3, 0.4) is 0 Å². The van der Waals surface area contributed by atoms with Crippen molar-refractivity contribution in [3.8, 4) is 0 Å². The molecule has 4 heteroatoms. The standard InChI is InChI=1S/C19H20O3S/c1-18(2)17(20)13-19(22-18,14-7-5-4-6-8-14)15-9-11-16(12-10-15)23(3)21/h4-12H,13H2,1-3H3. The topological polar surface area (TPSA) is 43.4 Å². The van der Waals surface area contributed by atoms with Crippen LogP contribution in [0.2, 0.25) is 0 Å². The number of ketones is 1. The third-order valence-electron chi connectivity index (χ3n) is 4.40. The van der Waals surface area contributed by atoms with Crippen molar-refractivity contribution in [1.82, 2.24) is 0 Å². The van der Waals surface area contributed by atoms with Crippen LogP contribution < -0.4 is 0 Å². The van der Waals surface area contributed by atoms with E-state index in [2.05, 4.69) is 0 Å². The molecule has 23 heavy (non-hydrogen) atoms. The molecule has 0 bridgehead atoms. The quantitative estimate of drug-likeness (QED) is 0.867. The molecule has 1 aliphatic heterocycles. The zero-order chi connectivity index (χ0) is 16.7. The molecule has 1 fully saturated rings. The van der Waals surface area contributed by atoms with Gasteiger partial charge in [0, 0.05) is 28.4 Å². The lowest BCUT2D eigenvalue weighted by molar-refractivity contribution is -0.132. The Hall–Kier alpha value is -1.78. The summed E-state index contributed by atoms with van der Waals surface area (Å²) < 4.78 is 17.9. The van der Waals surface area contributed by atoms with E-state index in [0.717, 1.165) is 16.0 Å². The third-order valence-corrected chi connectivity index (χ3v) is 5.34. The normalized spacial score (nSPS) is 24.6. The Labute approximate surface area is 139 Å². The molecule has 1 aliphatic rings. The monoisotopic (exact) mass is 328 g/mol. The molecule has 0 saturated carbocycles. The minimum atomic E-state index is -1.03. The van der Waals surface area contributed by atoms with Crippen molar-refractivity contribution in [2.24, 2.45) is 0 Å². The van der Waals surface area contributed by atoms with Crippen LogP contribution in [0.1, 0.15) is 31.4 Å². The fourth-order valence-electron chi connectivity index (χ4n) is 3.08. The SMILES string of the molecule is CS(=O)c1ccc(C2(c3ccccc3)CC(=O)C(C)(C)O2)cc1. The molecule has 1 heterocycles. The van der Waals surface area contributed by atoms with Crippen LogP contribution in [0.5, 0.6) is 0 Å². The lowest BCUT2D eigenvalue weighted by atomic mass is 9.83. The summed E-state index contributed by atoms with van der Waals surface area (Å²) in [4.78, 5) is 13.2. The maximum absolute atomic E-state index is 12.5. The van der Waals surface area contributed by atoms with Gasteiger partial charge >= 0.3 is 0 Å². The van der Waals surface area contributed by atoms with E-state index in [1.54, 1.807) is 6.26 Å². The fraction of sp³-hybridized carbons (Fsp3) is 0.316. The second-order valence-corrected chi connectivity index (χ2v) is 7.76. The zero-order valence-corrected chi connectivity index (χ0v) is 14.4. The van der Waals surface area contributed by atoms with Gasteiger partial charge in [0.2, 0.25) is 0 Å². The van der Waals surface area contributed by atoms with E-state index in [0.29, 0.717) is 6.42 Å². The number of carbonyl (C=O) groups excluding carboxylic acids is 1. The molecule has 0 aromatic heterocycles. The molecule has 2 aromatic carbocycles. The number of carbonyl (C=O) groups is 1. The highest BCUT2D eigenvalue weighted by molar-refractivity contribution is 7.84. The Morgan fingerprint density at radius 3 is 2.00 bits per heavy atom. The van der Waals surface area contributed by atoms with E-state index >= 15 is 0 Å². The first-order chi connectivity index (χ1) is 10.8.